The average Bonchev–Trinajstić information content (AvgIpc) is 2.91. The zero-order chi connectivity index (χ0) is 13.4. The van der Waals surface area contributed by atoms with Crippen LogP contribution in [0.15, 0.2) is 18.3 Å². The van der Waals surface area contributed by atoms with Crippen molar-refractivity contribution < 1.29 is 9.59 Å². The molecule has 0 saturated carbocycles. The third kappa shape index (κ3) is 2.03. The molecule has 5 nitrogen and oxygen atoms in total. The first-order valence-corrected chi connectivity index (χ1v) is 6.89. The van der Waals surface area contributed by atoms with Gasteiger partial charge in [-0.05, 0) is 31.4 Å². The first kappa shape index (κ1) is 12.3. The largest absolute Gasteiger partial charge is 0.341 e. The highest BCUT2D eigenvalue weighted by Gasteiger charge is 2.36. The highest BCUT2D eigenvalue weighted by Crippen LogP contribution is 2.20. The summed E-state index contributed by atoms with van der Waals surface area (Å²) in [4.78, 5) is 28.3. The predicted molar refractivity (Wildman–Crippen MR) is 70.7 cm³/mol. The standard InChI is InChI=1S/C14H19N3O2/c1-15-12(14(19)16-7-3-2-4-8-16)10-17-9-5-6-11(17)13(15)18/h5-6,9,12H,2-4,7-8,10H2,1H3. The number of nitrogens with zero attached hydrogens (tertiary/aromatic N) is 3. The molecule has 102 valence electrons. The molecule has 1 atom stereocenters. The Morgan fingerprint density at radius 1 is 1.26 bits per heavy atom. The summed E-state index contributed by atoms with van der Waals surface area (Å²) in [6.45, 7) is 2.23. The molecule has 3 heterocycles. The third-order valence-corrected chi connectivity index (χ3v) is 4.16. The van der Waals surface area contributed by atoms with Crippen molar-refractivity contribution in [2.75, 3.05) is 20.1 Å². The van der Waals surface area contributed by atoms with Gasteiger partial charge in [0.25, 0.3) is 5.91 Å². The lowest BCUT2D eigenvalue weighted by Gasteiger charge is -2.37. The van der Waals surface area contributed by atoms with E-state index in [2.05, 4.69) is 0 Å². The minimum atomic E-state index is -0.356. The van der Waals surface area contributed by atoms with Crippen LogP contribution < -0.4 is 0 Å². The van der Waals surface area contributed by atoms with Crippen LogP contribution in [-0.2, 0) is 11.3 Å². The molecule has 5 heteroatoms. The lowest BCUT2D eigenvalue weighted by atomic mass is 10.1. The van der Waals surface area contributed by atoms with Crippen molar-refractivity contribution in [1.29, 1.82) is 0 Å². The van der Waals surface area contributed by atoms with Gasteiger partial charge in [0, 0.05) is 26.3 Å². The van der Waals surface area contributed by atoms with E-state index in [4.69, 9.17) is 0 Å². The van der Waals surface area contributed by atoms with Crippen LogP contribution in [0.5, 0.6) is 0 Å². The number of hydrogen-bond donors (Lipinski definition) is 0. The molecule has 1 saturated heterocycles. The van der Waals surface area contributed by atoms with E-state index in [9.17, 15) is 9.59 Å². The predicted octanol–water partition coefficient (Wildman–Crippen LogP) is 0.955. The van der Waals surface area contributed by atoms with Crippen LogP contribution in [-0.4, -0.2) is 52.4 Å². The zero-order valence-corrected chi connectivity index (χ0v) is 11.2. The Kier molecular flexibility index (Phi) is 3.05. The molecule has 0 spiro atoms. The van der Waals surface area contributed by atoms with Gasteiger partial charge < -0.3 is 14.4 Å². The van der Waals surface area contributed by atoms with Crippen molar-refractivity contribution in [3.8, 4) is 0 Å². The first-order chi connectivity index (χ1) is 9.18. The van der Waals surface area contributed by atoms with E-state index >= 15 is 0 Å². The number of piperidine rings is 1. The van der Waals surface area contributed by atoms with Crippen LogP contribution in [0.2, 0.25) is 0 Å². The molecule has 19 heavy (non-hydrogen) atoms. The molecule has 0 aliphatic carbocycles. The van der Waals surface area contributed by atoms with Crippen molar-refractivity contribution in [1.82, 2.24) is 14.4 Å². The Bertz CT molecular complexity index is 503. The molecule has 3 rings (SSSR count). The molecule has 0 bridgehead atoms. The molecule has 2 amide bonds. The van der Waals surface area contributed by atoms with Crippen molar-refractivity contribution in [3.05, 3.63) is 24.0 Å². The number of aromatic nitrogens is 1. The van der Waals surface area contributed by atoms with Crippen molar-refractivity contribution in [2.45, 2.75) is 31.8 Å². The van der Waals surface area contributed by atoms with Gasteiger partial charge in [-0.25, -0.2) is 0 Å². The second kappa shape index (κ2) is 4.72. The number of likely N-dealkylation sites (N-methyl/N-ethyl adjacent to an activating group) is 1. The summed E-state index contributed by atoms with van der Waals surface area (Å²) in [5, 5.41) is 0. The third-order valence-electron chi connectivity index (χ3n) is 4.16. The fourth-order valence-corrected chi connectivity index (χ4v) is 2.97. The second-order valence-electron chi connectivity index (χ2n) is 5.36. The highest BCUT2D eigenvalue weighted by atomic mass is 16.2. The Morgan fingerprint density at radius 2 is 2.00 bits per heavy atom. The van der Waals surface area contributed by atoms with Gasteiger partial charge in [0.1, 0.15) is 11.7 Å². The van der Waals surface area contributed by atoms with E-state index in [1.54, 1.807) is 18.0 Å². The maximum absolute atomic E-state index is 12.6. The number of carbonyl (C=O) groups is 2. The Labute approximate surface area is 112 Å². The average molecular weight is 261 g/mol. The van der Waals surface area contributed by atoms with Crippen molar-refractivity contribution in [2.24, 2.45) is 0 Å². The van der Waals surface area contributed by atoms with Gasteiger partial charge in [0.05, 0.1) is 6.54 Å². The van der Waals surface area contributed by atoms with E-state index < -0.39 is 0 Å². The monoisotopic (exact) mass is 261 g/mol. The number of hydrogen-bond acceptors (Lipinski definition) is 2. The van der Waals surface area contributed by atoms with E-state index in [0.717, 1.165) is 25.9 Å². The van der Waals surface area contributed by atoms with E-state index in [-0.39, 0.29) is 17.9 Å². The lowest BCUT2D eigenvalue weighted by molar-refractivity contribution is -0.137. The molecule has 0 aromatic carbocycles. The van der Waals surface area contributed by atoms with Gasteiger partial charge >= 0.3 is 0 Å². The molecular weight excluding hydrogens is 242 g/mol. The normalized spacial score (nSPS) is 23.4. The molecule has 0 radical (unpaired) electrons. The summed E-state index contributed by atoms with van der Waals surface area (Å²) in [5.74, 6) is 0.0292. The molecule has 1 unspecified atom stereocenters. The van der Waals surface area contributed by atoms with Crippen LogP contribution in [0.3, 0.4) is 0 Å². The SMILES string of the molecule is CN1C(=O)c2cccn2CC1C(=O)N1CCCCC1. The number of fused-ring (bicyclic) bond motifs is 1. The summed E-state index contributed by atoms with van der Waals surface area (Å²) in [6, 6.07) is 3.31. The summed E-state index contributed by atoms with van der Waals surface area (Å²) < 4.78 is 1.88. The summed E-state index contributed by atoms with van der Waals surface area (Å²) in [7, 11) is 1.73. The van der Waals surface area contributed by atoms with Crippen LogP contribution in [0.4, 0.5) is 0 Å². The number of amides is 2. The van der Waals surface area contributed by atoms with E-state index in [0.29, 0.717) is 12.2 Å². The quantitative estimate of drug-likeness (QED) is 0.755. The molecule has 2 aliphatic rings. The topological polar surface area (TPSA) is 45.6 Å². The smallest absolute Gasteiger partial charge is 0.270 e. The minimum Gasteiger partial charge on any atom is -0.341 e. The van der Waals surface area contributed by atoms with Gasteiger partial charge in [0.15, 0.2) is 0 Å². The molecule has 1 aromatic heterocycles. The van der Waals surface area contributed by atoms with Crippen molar-refractivity contribution >= 4 is 11.8 Å². The Balaban J connectivity index is 1.81. The number of likely N-dealkylation sites (tertiary alicyclic amines) is 1. The van der Waals surface area contributed by atoms with Crippen LogP contribution in [0.1, 0.15) is 29.8 Å². The second-order valence-corrected chi connectivity index (χ2v) is 5.36. The fraction of sp³-hybridized carbons (Fsp3) is 0.571. The fourth-order valence-electron chi connectivity index (χ4n) is 2.97. The van der Waals surface area contributed by atoms with Crippen molar-refractivity contribution in [3.63, 3.8) is 0 Å². The van der Waals surface area contributed by atoms with E-state index in [1.165, 1.54) is 6.42 Å². The molecule has 1 aromatic rings. The summed E-state index contributed by atoms with van der Waals surface area (Å²) >= 11 is 0. The molecule has 0 N–H and O–H groups in total. The maximum Gasteiger partial charge on any atom is 0.270 e. The maximum atomic E-state index is 12.6. The van der Waals surface area contributed by atoms with Gasteiger partial charge in [-0.3, -0.25) is 9.59 Å². The van der Waals surface area contributed by atoms with Gasteiger partial charge in [0.2, 0.25) is 5.91 Å². The Hall–Kier alpha value is -1.78. The molecular formula is C14H19N3O2. The Morgan fingerprint density at radius 3 is 2.74 bits per heavy atom. The zero-order valence-electron chi connectivity index (χ0n) is 11.2. The minimum absolute atomic E-state index is 0.0633. The van der Waals surface area contributed by atoms with Gasteiger partial charge in [-0.1, -0.05) is 0 Å². The molecule has 1 fully saturated rings. The number of rotatable bonds is 1. The van der Waals surface area contributed by atoms with Crippen LogP contribution >= 0.6 is 0 Å². The number of carbonyl (C=O) groups excluding carboxylic acids is 2. The summed E-state index contributed by atoms with van der Waals surface area (Å²) in [6.07, 6.45) is 5.22. The van der Waals surface area contributed by atoms with Crippen LogP contribution in [0.25, 0.3) is 0 Å². The molecule has 2 aliphatic heterocycles. The first-order valence-electron chi connectivity index (χ1n) is 6.89. The van der Waals surface area contributed by atoms with E-state index in [1.807, 2.05) is 21.7 Å². The summed E-state index contributed by atoms with van der Waals surface area (Å²) in [5.41, 5.74) is 0.671. The van der Waals surface area contributed by atoms with Crippen LogP contribution in [0, 0.1) is 0 Å². The lowest BCUT2D eigenvalue weighted by Crippen LogP contribution is -2.55. The van der Waals surface area contributed by atoms with Gasteiger partial charge in [-0.2, -0.15) is 0 Å². The van der Waals surface area contributed by atoms with Gasteiger partial charge in [-0.15, -0.1) is 0 Å². The highest BCUT2D eigenvalue weighted by molar-refractivity contribution is 5.97.